The molecule has 0 heterocycles. The summed E-state index contributed by atoms with van der Waals surface area (Å²) in [5.41, 5.74) is 2.20. The average Bonchev–Trinajstić information content (AvgIpc) is 2.55. The Labute approximate surface area is 135 Å². The van der Waals surface area contributed by atoms with Crippen molar-refractivity contribution in [3.8, 4) is 5.75 Å². The minimum absolute atomic E-state index is 0.0476. The Balaban J connectivity index is 1.86. The van der Waals surface area contributed by atoms with Crippen LogP contribution in [-0.2, 0) is 6.42 Å². The SMILES string of the molecule is CCc1ccccc1OCNC(=O)Nc1cccc(C(C)=O)c1. The van der Waals surface area contributed by atoms with Gasteiger partial charge in [0.1, 0.15) is 5.75 Å². The van der Waals surface area contributed by atoms with Gasteiger partial charge >= 0.3 is 6.03 Å². The smallest absolute Gasteiger partial charge is 0.321 e. The van der Waals surface area contributed by atoms with Crippen molar-refractivity contribution in [2.75, 3.05) is 12.0 Å². The highest BCUT2D eigenvalue weighted by Crippen LogP contribution is 2.17. The van der Waals surface area contributed by atoms with E-state index < -0.39 is 0 Å². The van der Waals surface area contributed by atoms with Crippen molar-refractivity contribution in [3.63, 3.8) is 0 Å². The first-order valence-electron chi connectivity index (χ1n) is 7.46. The van der Waals surface area contributed by atoms with Gasteiger partial charge in [-0.05, 0) is 37.1 Å². The third-order valence-electron chi connectivity index (χ3n) is 3.34. The van der Waals surface area contributed by atoms with Crippen molar-refractivity contribution in [2.24, 2.45) is 0 Å². The molecular weight excluding hydrogens is 292 g/mol. The Morgan fingerprint density at radius 2 is 1.87 bits per heavy atom. The molecule has 0 radical (unpaired) electrons. The van der Waals surface area contributed by atoms with Crippen LogP contribution in [0.25, 0.3) is 0 Å². The molecule has 0 saturated heterocycles. The second-order valence-corrected chi connectivity index (χ2v) is 5.02. The first-order valence-corrected chi connectivity index (χ1v) is 7.46. The van der Waals surface area contributed by atoms with Crippen LogP contribution >= 0.6 is 0 Å². The first kappa shape index (κ1) is 16.5. The number of ketones is 1. The summed E-state index contributed by atoms with van der Waals surface area (Å²) in [7, 11) is 0. The standard InChI is InChI=1S/C18H20N2O3/c1-3-14-7-4-5-10-17(14)23-12-19-18(22)20-16-9-6-8-15(11-16)13(2)21/h4-11H,3,12H2,1-2H3,(H2,19,20,22). The van der Waals surface area contributed by atoms with Gasteiger partial charge in [0.15, 0.2) is 12.5 Å². The van der Waals surface area contributed by atoms with E-state index in [2.05, 4.69) is 10.6 Å². The fourth-order valence-electron chi connectivity index (χ4n) is 2.11. The number of benzene rings is 2. The maximum Gasteiger partial charge on any atom is 0.321 e. The number of para-hydroxylation sites is 1. The number of ether oxygens (including phenoxy) is 1. The quantitative estimate of drug-likeness (QED) is 0.632. The Morgan fingerprint density at radius 1 is 1.09 bits per heavy atom. The molecule has 0 aromatic heterocycles. The van der Waals surface area contributed by atoms with Crippen LogP contribution in [0.1, 0.15) is 29.8 Å². The summed E-state index contributed by atoms with van der Waals surface area (Å²) in [5, 5.41) is 5.29. The largest absolute Gasteiger partial charge is 0.473 e. The number of amides is 2. The second-order valence-electron chi connectivity index (χ2n) is 5.02. The van der Waals surface area contributed by atoms with E-state index in [0.29, 0.717) is 11.3 Å². The van der Waals surface area contributed by atoms with Crippen LogP contribution in [0.5, 0.6) is 5.75 Å². The Kier molecular flexibility index (Phi) is 5.74. The molecule has 120 valence electrons. The van der Waals surface area contributed by atoms with Crippen molar-refractivity contribution >= 4 is 17.5 Å². The van der Waals surface area contributed by atoms with Crippen molar-refractivity contribution in [1.82, 2.24) is 5.32 Å². The number of urea groups is 1. The minimum atomic E-state index is -0.389. The number of hydrogen-bond donors (Lipinski definition) is 2. The number of hydrogen-bond acceptors (Lipinski definition) is 3. The zero-order valence-corrected chi connectivity index (χ0v) is 13.3. The number of Topliss-reactive ketones (excluding diaryl/α,β-unsaturated/α-hetero) is 1. The van der Waals surface area contributed by atoms with Crippen molar-refractivity contribution in [1.29, 1.82) is 0 Å². The monoisotopic (exact) mass is 312 g/mol. The molecule has 2 rings (SSSR count). The Morgan fingerprint density at radius 3 is 2.61 bits per heavy atom. The summed E-state index contributed by atoms with van der Waals surface area (Å²) >= 11 is 0. The molecule has 0 spiro atoms. The fourth-order valence-corrected chi connectivity index (χ4v) is 2.11. The van der Waals surface area contributed by atoms with Gasteiger partial charge < -0.3 is 15.4 Å². The molecule has 0 unspecified atom stereocenters. The van der Waals surface area contributed by atoms with Crippen LogP contribution in [-0.4, -0.2) is 18.5 Å². The van der Waals surface area contributed by atoms with Crippen molar-refractivity contribution < 1.29 is 14.3 Å². The highest BCUT2D eigenvalue weighted by atomic mass is 16.5. The van der Waals surface area contributed by atoms with Gasteiger partial charge in [0.2, 0.25) is 0 Å². The molecule has 0 aliphatic rings. The maximum atomic E-state index is 11.9. The van der Waals surface area contributed by atoms with E-state index in [1.54, 1.807) is 24.3 Å². The van der Waals surface area contributed by atoms with Gasteiger partial charge in [0.05, 0.1) is 0 Å². The molecule has 5 heteroatoms. The van der Waals surface area contributed by atoms with Gasteiger partial charge in [-0.25, -0.2) is 4.79 Å². The van der Waals surface area contributed by atoms with E-state index in [9.17, 15) is 9.59 Å². The number of aryl methyl sites for hydroxylation is 1. The van der Waals surface area contributed by atoms with E-state index >= 15 is 0 Å². The number of anilines is 1. The lowest BCUT2D eigenvalue weighted by Gasteiger charge is -2.12. The van der Waals surface area contributed by atoms with Crippen LogP contribution in [0.2, 0.25) is 0 Å². The fraction of sp³-hybridized carbons (Fsp3) is 0.222. The summed E-state index contributed by atoms with van der Waals surface area (Å²) < 4.78 is 5.57. The zero-order valence-electron chi connectivity index (χ0n) is 13.3. The maximum absolute atomic E-state index is 11.9. The second kappa shape index (κ2) is 7.98. The van der Waals surface area contributed by atoms with Crippen LogP contribution in [0, 0.1) is 0 Å². The average molecular weight is 312 g/mol. The molecule has 0 aliphatic heterocycles. The van der Waals surface area contributed by atoms with E-state index in [1.807, 2.05) is 31.2 Å². The van der Waals surface area contributed by atoms with Gasteiger partial charge in [-0.2, -0.15) is 0 Å². The third-order valence-corrected chi connectivity index (χ3v) is 3.34. The molecule has 23 heavy (non-hydrogen) atoms. The normalized spacial score (nSPS) is 10.0. The van der Waals surface area contributed by atoms with E-state index in [4.69, 9.17) is 4.74 Å². The number of carbonyl (C=O) groups is 2. The molecule has 2 aromatic rings. The predicted octanol–water partition coefficient (Wildman–Crippen LogP) is 3.61. The van der Waals surface area contributed by atoms with E-state index in [-0.39, 0.29) is 18.5 Å². The summed E-state index contributed by atoms with van der Waals surface area (Å²) in [4.78, 5) is 23.2. The number of carbonyl (C=O) groups excluding carboxylic acids is 2. The van der Waals surface area contributed by atoms with Gasteiger partial charge in [0.25, 0.3) is 0 Å². The van der Waals surface area contributed by atoms with Crippen molar-refractivity contribution in [2.45, 2.75) is 20.3 Å². The molecule has 2 amide bonds. The lowest BCUT2D eigenvalue weighted by molar-refractivity contribution is 0.101. The topological polar surface area (TPSA) is 67.4 Å². The molecule has 2 N–H and O–H groups in total. The molecule has 5 nitrogen and oxygen atoms in total. The Hall–Kier alpha value is -2.82. The molecule has 0 aliphatic carbocycles. The van der Waals surface area contributed by atoms with Gasteiger partial charge in [-0.1, -0.05) is 37.3 Å². The zero-order chi connectivity index (χ0) is 16.7. The van der Waals surface area contributed by atoms with E-state index in [0.717, 1.165) is 17.7 Å². The van der Waals surface area contributed by atoms with Crippen molar-refractivity contribution in [3.05, 3.63) is 59.7 Å². The van der Waals surface area contributed by atoms with Gasteiger partial charge in [-0.15, -0.1) is 0 Å². The predicted molar refractivity (Wildman–Crippen MR) is 89.9 cm³/mol. The van der Waals surface area contributed by atoms with Gasteiger partial charge in [-0.3, -0.25) is 4.79 Å². The molecule has 0 saturated carbocycles. The molecular formula is C18H20N2O3. The first-order chi connectivity index (χ1) is 11.1. The Bertz CT molecular complexity index is 698. The molecule has 0 bridgehead atoms. The lowest BCUT2D eigenvalue weighted by Crippen LogP contribution is -2.32. The molecule has 2 aromatic carbocycles. The lowest BCUT2D eigenvalue weighted by atomic mass is 10.1. The minimum Gasteiger partial charge on any atom is -0.473 e. The van der Waals surface area contributed by atoms with Crippen LogP contribution in [0.4, 0.5) is 10.5 Å². The number of nitrogens with one attached hydrogen (secondary N) is 2. The summed E-state index contributed by atoms with van der Waals surface area (Å²) in [6.07, 6.45) is 0.861. The summed E-state index contributed by atoms with van der Waals surface area (Å²) in [5.74, 6) is 0.711. The summed E-state index contributed by atoms with van der Waals surface area (Å²) in [6, 6.07) is 14.1. The molecule has 0 atom stereocenters. The van der Waals surface area contributed by atoms with Crippen LogP contribution < -0.4 is 15.4 Å². The third kappa shape index (κ3) is 4.85. The summed E-state index contributed by atoms with van der Waals surface area (Å²) in [6.45, 7) is 3.60. The number of rotatable bonds is 6. The highest BCUT2D eigenvalue weighted by molar-refractivity contribution is 5.96. The molecule has 0 fully saturated rings. The highest BCUT2D eigenvalue weighted by Gasteiger charge is 2.05. The van der Waals surface area contributed by atoms with Crippen LogP contribution in [0.3, 0.4) is 0 Å². The van der Waals surface area contributed by atoms with E-state index in [1.165, 1.54) is 6.92 Å². The van der Waals surface area contributed by atoms with Gasteiger partial charge in [0, 0.05) is 11.3 Å². The van der Waals surface area contributed by atoms with Crippen LogP contribution in [0.15, 0.2) is 48.5 Å².